The van der Waals surface area contributed by atoms with Crippen LogP contribution in [-0.2, 0) is 4.74 Å². The van der Waals surface area contributed by atoms with Crippen molar-refractivity contribution in [2.75, 3.05) is 26.1 Å². The molecular weight excluding hydrogens is 326 g/mol. The predicted molar refractivity (Wildman–Crippen MR) is 98.1 cm³/mol. The minimum absolute atomic E-state index is 0.304. The Morgan fingerprint density at radius 1 is 1.13 bits per heavy atom. The van der Waals surface area contributed by atoms with Crippen molar-refractivity contribution in [2.24, 2.45) is 0 Å². The van der Waals surface area contributed by atoms with Gasteiger partial charge in [-0.2, -0.15) is 0 Å². The van der Waals surface area contributed by atoms with Crippen LogP contribution < -0.4 is 4.90 Å². The third kappa shape index (κ3) is 3.21. The van der Waals surface area contributed by atoms with Gasteiger partial charge in [-0.25, -0.2) is 4.79 Å². The molecule has 0 aliphatic carbocycles. The predicted octanol–water partition coefficient (Wildman–Crippen LogP) is 4.91. The first-order valence-electron chi connectivity index (χ1n) is 7.14. The smallest absolute Gasteiger partial charge is 0.339 e. The minimum atomic E-state index is -0.304. The van der Waals surface area contributed by atoms with E-state index < -0.39 is 0 Å². The van der Waals surface area contributed by atoms with Gasteiger partial charge in [0.1, 0.15) is 0 Å². The molecule has 0 fully saturated rings. The Hall–Kier alpha value is -1.98. The first-order chi connectivity index (χ1) is 11.1. The van der Waals surface area contributed by atoms with Crippen molar-refractivity contribution in [1.82, 2.24) is 0 Å². The van der Waals surface area contributed by atoms with Gasteiger partial charge in [-0.1, -0.05) is 23.9 Å². The minimum Gasteiger partial charge on any atom is -0.465 e. The van der Waals surface area contributed by atoms with Crippen LogP contribution in [-0.4, -0.2) is 27.2 Å². The van der Waals surface area contributed by atoms with E-state index in [-0.39, 0.29) is 5.97 Å². The van der Waals surface area contributed by atoms with Gasteiger partial charge in [-0.3, -0.25) is 0 Å². The summed E-state index contributed by atoms with van der Waals surface area (Å²) in [4.78, 5) is 16.1. The molecule has 1 aromatic heterocycles. The Balaban J connectivity index is 2.02. The maximum absolute atomic E-state index is 11.9. The van der Waals surface area contributed by atoms with Crippen LogP contribution >= 0.6 is 23.1 Å². The molecule has 0 radical (unpaired) electrons. The lowest BCUT2D eigenvalue weighted by Gasteiger charge is -2.12. The van der Waals surface area contributed by atoms with Gasteiger partial charge in [-0.05, 0) is 30.3 Å². The standard InChI is InChI=1S/C18H17NO2S2/c1-19(2)12-8-9-15-14(10-12)17(11-22-15)23-16-7-5-4-6-13(16)18(20)21-3/h4-11H,1-3H3. The molecule has 0 bridgehead atoms. The van der Waals surface area contributed by atoms with Crippen LogP contribution in [0.1, 0.15) is 10.4 Å². The molecule has 2 aromatic carbocycles. The first kappa shape index (κ1) is 15.9. The van der Waals surface area contributed by atoms with Gasteiger partial charge in [0.15, 0.2) is 0 Å². The van der Waals surface area contributed by atoms with Crippen molar-refractivity contribution in [3.8, 4) is 0 Å². The largest absolute Gasteiger partial charge is 0.465 e. The molecule has 5 heteroatoms. The van der Waals surface area contributed by atoms with Crippen LogP contribution in [0.2, 0.25) is 0 Å². The highest BCUT2D eigenvalue weighted by Gasteiger charge is 2.14. The van der Waals surface area contributed by atoms with Crippen LogP contribution in [0, 0.1) is 0 Å². The van der Waals surface area contributed by atoms with Crippen molar-refractivity contribution < 1.29 is 9.53 Å². The topological polar surface area (TPSA) is 29.5 Å². The molecule has 0 saturated heterocycles. The molecule has 3 aromatic rings. The second-order valence-corrected chi connectivity index (χ2v) is 7.26. The number of nitrogens with zero attached hydrogens (tertiary/aromatic N) is 1. The van der Waals surface area contributed by atoms with Gasteiger partial charge >= 0.3 is 5.97 Å². The molecule has 3 nitrogen and oxygen atoms in total. The van der Waals surface area contributed by atoms with E-state index in [0.717, 1.165) is 9.79 Å². The number of benzene rings is 2. The number of hydrogen-bond acceptors (Lipinski definition) is 5. The van der Waals surface area contributed by atoms with Gasteiger partial charge in [0.25, 0.3) is 0 Å². The van der Waals surface area contributed by atoms with Crippen LogP contribution in [0.25, 0.3) is 10.1 Å². The number of ether oxygens (including phenoxy) is 1. The monoisotopic (exact) mass is 343 g/mol. The average molecular weight is 343 g/mol. The van der Waals surface area contributed by atoms with E-state index in [9.17, 15) is 4.79 Å². The van der Waals surface area contributed by atoms with E-state index in [4.69, 9.17) is 4.74 Å². The number of anilines is 1. The van der Waals surface area contributed by atoms with Gasteiger partial charge in [0.05, 0.1) is 12.7 Å². The summed E-state index contributed by atoms with van der Waals surface area (Å²) < 4.78 is 6.12. The van der Waals surface area contributed by atoms with Crippen LogP contribution in [0.4, 0.5) is 5.69 Å². The zero-order valence-electron chi connectivity index (χ0n) is 13.2. The molecule has 0 aliphatic heterocycles. The van der Waals surface area contributed by atoms with Crippen molar-refractivity contribution in [2.45, 2.75) is 9.79 Å². The van der Waals surface area contributed by atoms with Crippen LogP contribution in [0.15, 0.2) is 57.6 Å². The molecular formula is C18H17NO2S2. The summed E-state index contributed by atoms with van der Waals surface area (Å²) in [5.74, 6) is -0.304. The summed E-state index contributed by atoms with van der Waals surface area (Å²) in [6.45, 7) is 0. The van der Waals surface area contributed by atoms with Crippen molar-refractivity contribution in [3.63, 3.8) is 0 Å². The number of rotatable bonds is 4. The van der Waals surface area contributed by atoms with E-state index in [1.54, 1.807) is 29.2 Å². The summed E-state index contributed by atoms with van der Waals surface area (Å²) in [5.41, 5.74) is 1.77. The zero-order valence-corrected chi connectivity index (χ0v) is 14.8. The molecule has 0 aliphatic rings. The highest BCUT2D eigenvalue weighted by atomic mass is 32.2. The fourth-order valence-electron chi connectivity index (χ4n) is 2.30. The Bertz CT molecular complexity index is 855. The van der Waals surface area contributed by atoms with Gasteiger partial charge < -0.3 is 9.64 Å². The normalized spacial score (nSPS) is 10.7. The Morgan fingerprint density at radius 2 is 1.91 bits per heavy atom. The van der Waals surface area contributed by atoms with E-state index in [0.29, 0.717) is 5.56 Å². The molecule has 0 amide bonds. The number of carbonyl (C=O) groups is 1. The molecule has 3 rings (SSSR count). The van der Waals surface area contributed by atoms with E-state index in [1.807, 2.05) is 32.3 Å². The lowest BCUT2D eigenvalue weighted by Crippen LogP contribution is -2.07. The molecule has 0 unspecified atom stereocenters. The summed E-state index contributed by atoms with van der Waals surface area (Å²) >= 11 is 3.32. The number of carbonyl (C=O) groups excluding carboxylic acids is 1. The highest BCUT2D eigenvalue weighted by molar-refractivity contribution is 7.99. The number of thiophene rings is 1. The van der Waals surface area contributed by atoms with Gasteiger partial charge in [0, 0.05) is 45.0 Å². The van der Waals surface area contributed by atoms with Crippen LogP contribution in [0.3, 0.4) is 0 Å². The van der Waals surface area contributed by atoms with E-state index >= 15 is 0 Å². The molecule has 0 N–H and O–H groups in total. The van der Waals surface area contributed by atoms with Crippen molar-refractivity contribution in [1.29, 1.82) is 0 Å². The van der Waals surface area contributed by atoms with E-state index in [1.165, 1.54) is 22.9 Å². The Labute approximate surface area is 143 Å². The summed E-state index contributed by atoms with van der Waals surface area (Å²) in [7, 11) is 5.48. The first-order valence-corrected chi connectivity index (χ1v) is 8.83. The SMILES string of the molecule is COC(=O)c1ccccc1Sc1csc2ccc(N(C)C)cc12. The highest BCUT2D eigenvalue weighted by Crippen LogP contribution is 2.40. The summed E-state index contributed by atoms with van der Waals surface area (Å²) in [5, 5.41) is 3.36. The Kier molecular flexibility index (Phi) is 4.59. The molecule has 0 saturated carbocycles. The number of fused-ring (bicyclic) bond motifs is 1. The van der Waals surface area contributed by atoms with Gasteiger partial charge in [0.2, 0.25) is 0 Å². The second kappa shape index (κ2) is 6.64. The maximum atomic E-state index is 11.9. The lowest BCUT2D eigenvalue weighted by atomic mass is 10.2. The van der Waals surface area contributed by atoms with Crippen molar-refractivity contribution >= 4 is 44.8 Å². The maximum Gasteiger partial charge on any atom is 0.339 e. The van der Waals surface area contributed by atoms with Crippen LogP contribution in [0.5, 0.6) is 0 Å². The Morgan fingerprint density at radius 3 is 2.65 bits per heavy atom. The molecule has 0 atom stereocenters. The summed E-state index contributed by atoms with van der Waals surface area (Å²) in [6, 6.07) is 14.0. The molecule has 23 heavy (non-hydrogen) atoms. The molecule has 1 heterocycles. The average Bonchev–Trinajstić information content (AvgIpc) is 2.97. The number of hydrogen-bond donors (Lipinski definition) is 0. The van der Waals surface area contributed by atoms with Gasteiger partial charge in [-0.15, -0.1) is 11.3 Å². The van der Waals surface area contributed by atoms with E-state index in [2.05, 4.69) is 28.5 Å². The fraction of sp³-hybridized carbons (Fsp3) is 0.167. The number of esters is 1. The fourth-order valence-corrected chi connectivity index (χ4v) is 4.43. The summed E-state index contributed by atoms with van der Waals surface area (Å²) in [6.07, 6.45) is 0. The zero-order chi connectivity index (χ0) is 16.4. The van der Waals surface area contributed by atoms with Crippen molar-refractivity contribution in [3.05, 3.63) is 53.4 Å². The third-order valence-corrected chi connectivity index (χ3v) is 5.80. The third-order valence-electron chi connectivity index (χ3n) is 3.55. The molecule has 118 valence electrons. The quantitative estimate of drug-likeness (QED) is 0.630. The number of methoxy groups -OCH3 is 1. The lowest BCUT2D eigenvalue weighted by molar-refractivity contribution is 0.0597. The molecule has 0 spiro atoms. The second-order valence-electron chi connectivity index (χ2n) is 5.26.